The van der Waals surface area contributed by atoms with Gasteiger partial charge in [-0.2, -0.15) is 0 Å². The van der Waals surface area contributed by atoms with Gasteiger partial charge in [0.15, 0.2) is 17.5 Å². The molecule has 1 saturated heterocycles. The SMILES string of the molecule is CN=C(NCCc1ccc2c(c1)OCO2)NCC(C(C)C)N1CCN(C)CC1. The van der Waals surface area contributed by atoms with E-state index in [1.807, 2.05) is 13.1 Å². The summed E-state index contributed by atoms with van der Waals surface area (Å²) in [6, 6.07) is 6.64. The first-order valence-electron chi connectivity index (χ1n) is 10.3. The number of hydrogen-bond donors (Lipinski definition) is 2. The molecule has 2 aliphatic rings. The molecule has 0 aliphatic carbocycles. The molecule has 156 valence electrons. The summed E-state index contributed by atoms with van der Waals surface area (Å²) in [4.78, 5) is 9.40. The first kappa shape index (κ1) is 20.7. The standard InChI is InChI=1S/C21H35N5O2/c1-16(2)18(26-11-9-25(4)10-12-26)14-24-21(22-3)23-8-7-17-5-6-19-20(13-17)28-15-27-19/h5-6,13,16,18H,7-12,14-15H2,1-4H3,(H2,22,23,24). The van der Waals surface area contributed by atoms with Gasteiger partial charge < -0.3 is 25.0 Å². The first-order valence-corrected chi connectivity index (χ1v) is 10.3. The second-order valence-corrected chi connectivity index (χ2v) is 7.97. The van der Waals surface area contributed by atoms with Crippen molar-refractivity contribution in [3.05, 3.63) is 23.8 Å². The van der Waals surface area contributed by atoms with E-state index in [1.165, 1.54) is 5.56 Å². The monoisotopic (exact) mass is 389 g/mol. The Morgan fingerprint density at radius 1 is 1.11 bits per heavy atom. The summed E-state index contributed by atoms with van der Waals surface area (Å²) >= 11 is 0. The van der Waals surface area contributed by atoms with Gasteiger partial charge in [-0.3, -0.25) is 9.89 Å². The largest absolute Gasteiger partial charge is 0.454 e. The van der Waals surface area contributed by atoms with E-state index in [0.717, 1.165) is 63.1 Å². The molecular formula is C21H35N5O2. The van der Waals surface area contributed by atoms with Crippen molar-refractivity contribution in [2.24, 2.45) is 10.9 Å². The van der Waals surface area contributed by atoms with Crippen molar-refractivity contribution in [1.29, 1.82) is 0 Å². The minimum Gasteiger partial charge on any atom is -0.454 e. The van der Waals surface area contributed by atoms with Crippen LogP contribution in [0.5, 0.6) is 11.5 Å². The van der Waals surface area contributed by atoms with Crippen LogP contribution in [-0.4, -0.2) is 82.0 Å². The second kappa shape index (κ2) is 9.98. The smallest absolute Gasteiger partial charge is 0.231 e. The van der Waals surface area contributed by atoms with Gasteiger partial charge in [-0.25, -0.2) is 0 Å². The van der Waals surface area contributed by atoms with Crippen LogP contribution in [0.2, 0.25) is 0 Å². The van der Waals surface area contributed by atoms with Gasteiger partial charge in [0.2, 0.25) is 6.79 Å². The number of hydrogen-bond acceptors (Lipinski definition) is 5. The summed E-state index contributed by atoms with van der Waals surface area (Å²) < 4.78 is 10.8. The molecule has 7 nitrogen and oxygen atoms in total. The molecule has 0 bridgehead atoms. The molecule has 0 amide bonds. The summed E-state index contributed by atoms with van der Waals surface area (Å²) in [6.07, 6.45) is 0.906. The Bertz CT molecular complexity index is 656. The van der Waals surface area contributed by atoms with E-state index in [2.05, 4.69) is 58.5 Å². The summed E-state index contributed by atoms with van der Waals surface area (Å²) in [7, 11) is 4.03. The van der Waals surface area contributed by atoms with Gasteiger partial charge >= 0.3 is 0 Å². The topological polar surface area (TPSA) is 61.4 Å². The fraction of sp³-hybridized carbons (Fsp3) is 0.667. The van der Waals surface area contributed by atoms with E-state index in [0.29, 0.717) is 18.8 Å². The van der Waals surface area contributed by atoms with Crippen LogP contribution < -0.4 is 20.1 Å². The van der Waals surface area contributed by atoms with E-state index in [1.54, 1.807) is 0 Å². The number of aliphatic imine (C=N–C) groups is 1. The molecule has 1 aromatic rings. The molecule has 2 N–H and O–H groups in total. The van der Waals surface area contributed by atoms with Gasteiger partial charge in [0.1, 0.15) is 0 Å². The number of rotatable bonds is 7. The average Bonchev–Trinajstić information content (AvgIpc) is 3.15. The Labute approximate surface area is 169 Å². The highest BCUT2D eigenvalue weighted by molar-refractivity contribution is 5.79. The predicted molar refractivity (Wildman–Crippen MR) is 113 cm³/mol. The van der Waals surface area contributed by atoms with Gasteiger partial charge in [0.05, 0.1) is 0 Å². The van der Waals surface area contributed by atoms with Crippen LogP contribution in [0, 0.1) is 5.92 Å². The zero-order valence-electron chi connectivity index (χ0n) is 17.7. The van der Waals surface area contributed by atoms with Gasteiger partial charge in [0, 0.05) is 52.4 Å². The fourth-order valence-corrected chi connectivity index (χ4v) is 3.78. The number of ether oxygens (including phenoxy) is 2. The van der Waals surface area contributed by atoms with Gasteiger partial charge in [-0.15, -0.1) is 0 Å². The highest BCUT2D eigenvalue weighted by Crippen LogP contribution is 2.32. The summed E-state index contributed by atoms with van der Waals surface area (Å²) in [5.74, 6) is 3.13. The molecule has 1 aromatic carbocycles. The Hall–Kier alpha value is -1.99. The molecular weight excluding hydrogens is 354 g/mol. The summed E-state index contributed by atoms with van der Waals surface area (Å²) in [5.41, 5.74) is 1.23. The number of guanidine groups is 1. The molecule has 0 aromatic heterocycles. The molecule has 2 heterocycles. The quantitative estimate of drug-likeness (QED) is 0.543. The maximum Gasteiger partial charge on any atom is 0.231 e. The van der Waals surface area contributed by atoms with Crippen LogP contribution in [0.3, 0.4) is 0 Å². The maximum absolute atomic E-state index is 5.45. The molecule has 28 heavy (non-hydrogen) atoms. The van der Waals surface area contributed by atoms with Crippen molar-refractivity contribution in [2.45, 2.75) is 26.3 Å². The number of nitrogens with zero attached hydrogens (tertiary/aromatic N) is 3. The molecule has 0 saturated carbocycles. The molecule has 7 heteroatoms. The van der Waals surface area contributed by atoms with Crippen molar-refractivity contribution in [1.82, 2.24) is 20.4 Å². The lowest BCUT2D eigenvalue weighted by Gasteiger charge is -2.40. The van der Waals surface area contributed by atoms with Crippen LogP contribution in [-0.2, 0) is 6.42 Å². The minimum absolute atomic E-state index is 0.317. The Morgan fingerprint density at radius 2 is 1.86 bits per heavy atom. The van der Waals surface area contributed by atoms with Crippen LogP contribution in [0.15, 0.2) is 23.2 Å². The minimum atomic E-state index is 0.317. The lowest BCUT2D eigenvalue weighted by molar-refractivity contribution is 0.0900. The first-order chi connectivity index (χ1) is 13.6. The third kappa shape index (κ3) is 5.52. The average molecular weight is 390 g/mol. The number of piperazine rings is 1. The molecule has 1 fully saturated rings. The highest BCUT2D eigenvalue weighted by atomic mass is 16.7. The van der Waals surface area contributed by atoms with E-state index < -0.39 is 0 Å². The third-order valence-electron chi connectivity index (χ3n) is 5.62. The van der Waals surface area contributed by atoms with E-state index in [4.69, 9.17) is 9.47 Å². The van der Waals surface area contributed by atoms with Crippen molar-refractivity contribution >= 4 is 5.96 Å². The predicted octanol–water partition coefficient (Wildman–Crippen LogP) is 1.39. The normalized spacial score (nSPS) is 19.1. The van der Waals surface area contributed by atoms with Gasteiger partial charge in [-0.1, -0.05) is 19.9 Å². The van der Waals surface area contributed by atoms with E-state index >= 15 is 0 Å². The number of nitrogens with one attached hydrogen (secondary N) is 2. The summed E-state index contributed by atoms with van der Waals surface area (Å²) in [5, 5.41) is 6.96. The molecule has 2 aliphatic heterocycles. The van der Waals surface area contributed by atoms with Crippen LogP contribution in [0.25, 0.3) is 0 Å². The number of fused-ring (bicyclic) bond motifs is 1. The van der Waals surface area contributed by atoms with Crippen molar-refractivity contribution < 1.29 is 9.47 Å². The Morgan fingerprint density at radius 3 is 2.57 bits per heavy atom. The fourth-order valence-electron chi connectivity index (χ4n) is 3.78. The second-order valence-electron chi connectivity index (χ2n) is 7.97. The van der Waals surface area contributed by atoms with Crippen LogP contribution in [0.4, 0.5) is 0 Å². The van der Waals surface area contributed by atoms with Gasteiger partial charge in [-0.05, 0) is 37.1 Å². The zero-order chi connectivity index (χ0) is 19.9. The molecule has 0 spiro atoms. The van der Waals surface area contributed by atoms with Crippen molar-refractivity contribution in [3.8, 4) is 11.5 Å². The highest BCUT2D eigenvalue weighted by Gasteiger charge is 2.25. The Balaban J connectivity index is 1.44. The van der Waals surface area contributed by atoms with Crippen LogP contribution in [0.1, 0.15) is 19.4 Å². The molecule has 1 atom stereocenters. The van der Waals surface area contributed by atoms with E-state index in [-0.39, 0.29) is 0 Å². The third-order valence-corrected chi connectivity index (χ3v) is 5.62. The number of likely N-dealkylation sites (N-methyl/N-ethyl adjacent to an activating group) is 1. The maximum atomic E-state index is 5.45. The Kier molecular flexibility index (Phi) is 7.39. The molecule has 0 radical (unpaired) electrons. The van der Waals surface area contributed by atoms with E-state index in [9.17, 15) is 0 Å². The van der Waals surface area contributed by atoms with Gasteiger partial charge in [0.25, 0.3) is 0 Å². The number of benzene rings is 1. The van der Waals surface area contributed by atoms with Crippen LogP contribution >= 0.6 is 0 Å². The molecule has 1 unspecified atom stereocenters. The zero-order valence-corrected chi connectivity index (χ0v) is 17.7. The lowest BCUT2D eigenvalue weighted by atomic mass is 10.0. The summed E-state index contributed by atoms with van der Waals surface area (Å²) in [6.45, 7) is 11.2. The molecule has 3 rings (SSSR count). The van der Waals surface area contributed by atoms with Crippen molar-refractivity contribution in [3.63, 3.8) is 0 Å². The lowest BCUT2D eigenvalue weighted by Crippen LogP contribution is -2.55. The van der Waals surface area contributed by atoms with Crippen molar-refractivity contribution in [2.75, 3.05) is 60.2 Å².